The number of rotatable bonds is 4. The zero-order valence-electron chi connectivity index (χ0n) is 20.2. The summed E-state index contributed by atoms with van der Waals surface area (Å²) in [4.78, 5) is 6.56. The van der Waals surface area contributed by atoms with Gasteiger partial charge in [0.15, 0.2) is 6.19 Å². The van der Waals surface area contributed by atoms with E-state index in [1.54, 1.807) is 24.4 Å². The van der Waals surface area contributed by atoms with Crippen LogP contribution in [0.15, 0.2) is 46.5 Å². The van der Waals surface area contributed by atoms with Crippen molar-refractivity contribution in [3.05, 3.63) is 57.6 Å². The molecule has 0 spiro atoms. The Morgan fingerprint density at radius 1 is 1.16 bits per heavy atom. The minimum atomic E-state index is -4.57. The van der Waals surface area contributed by atoms with Gasteiger partial charge in [-0.2, -0.15) is 23.5 Å². The van der Waals surface area contributed by atoms with Crippen molar-refractivity contribution in [1.82, 2.24) is 15.2 Å². The highest BCUT2D eigenvalue weighted by atomic mass is 35.5. The van der Waals surface area contributed by atoms with Gasteiger partial charge in [0, 0.05) is 19.0 Å². The van der Waals surface area contributed by atoms with Gasteiger partial charge < -0.3 is 9.64 Å². The predicted octanol–water partition coefficient (Wildman–Crippen LogP) is 5.90. The van der Waals surface area contributed by atoms with Crippen LogP contribution in [0.1, 0.15) is 30.9 Å². The van der Waals surface area contributed by atoms with Crippen LogP contribution in [-0.2, 0) is 6.18 Å². The SMILES string of the molecule is CC1CN(C(=Nc2cc(C(F)(F)F)ccc2OC2CCN(C)CC2)NC#N)N=C1c1ccc(Cl)c(Cl)c1. The molecule has 2 heterocycles. The van der Waals surface area contributed by atoms with Crippen LogP contribution in [0, 0.1) is 17.4 Å². The number of hydrogen-bond acceptors (Lipinski definition) is 5. The van der Waals surface area contributed by atoms with Crippen molar-refractivity contribution in [2.45, 2.75) is 32.0 Å². The van der Waals surface area contributed by atoms with Gasteiger partial charge in [-0.05, 0) is 55.8 Å². The van der Waals surface area contributed by atoms with Gasteiger partial charge in [0.2, 0.25) is 5.96 Å². The minimum Gasteiger partial charge on any atom is -0.488 e. The van der Waals surface area contributed by atoms with Crippen LogP contribution < -0.4 is 10.1 Å². The Labute approximate surface area is 223 Å². The van der Waals surface area contributed by atoms with E-state index in [2.05, 4.69) is 20.3 Å². The highest BCUT2D eigenvalue weighted by Crippen LogP contribution is 2.38. The van der Waals surface area contributed by atoms with Gasteiger partial charge in [-0.1, -0.05) is 36.2 Å². The van der Waals surface area contributed by atoms with Crippen LogP contribution in [0.5, 0.6) is 5.75 Å². The average Bonchev–Trinajstić information content (AvgIpc) is 3.23. The number of likely N-dealkylation sites (tertiary alicyclic amines) is 1. The van der Waals surface area contributed by atoms with Crippen molar-refractivity contribution in [2.75, 3.05) is 26.7 Å². The summed E-state index contributed by atoms with van der Waals surface area (Å²) in [5.74, 6) is 0.108. The standard InChI is InChI=1S/C25H25Cl2F3N6O/c1-15-13-36(34-23(15)16-3-5-19(26)20(27)11-16)24(32-14-31)33-21-12-17(25(28,29)30)4-6-22(21)37-18-7-9-35(2)10-8-18/h3-6,11-12,15,18H,7-10,13H2,1-2H3,(H,32,33). The Kier molecular flexibility index (Phi) is 8.17. The second-order valence-electron chi connectivity index (χ2n) is 9.07. The normalized spacial score (nSPS) is 19.5. The fourth-order valence-electron chi connectivity index (χ4n) is 4.22. The van der Waals surface area contributed by atoms with Crippen LogP contribution in [0.3, 0.4) is 0 Å². The summed E-state index contributed by atoms with van der Waals surface area (Å²) in [6, 6.07) is 8.31. The third-order valence-corrected chi connectivity index (χ3v) is 6.98. The molecule has 0 bridgehead atoms. The Balaban J connectivity index is 1.70. The Bertz CT molecular complexity index is 1250. The third kappa shape index (κ3) is 6.47. The lowest BCUT2D eigenvalue weighted by Gasteiger charge is -2.29. The maximum atomic E-state index is 13.5. The quantitative estimate of drug-likeness (QED) is 0.221. The van der Waals surface area contributed by atoms with Crippen LogP contribution in [-0.4, -0.2) is 54.4 Å². The maximum Gasteiger partial charge on any atom is 0.416 e. The Hall–Kier alpha value is -3.00. The first-order chi connectivity index (χ1) is 17.5. The molecule has 12 heteroatoms. The molecular formula is C25H25Cl2F3N6O. The average molecular weight is 553 g/mol. The molecule has 2 aromatic rings. The van der Waals surface area contributed by atoms with Crippen molar-refractivity contribution in [3.63, 3.8) is 0 Å². The molecule has 4 rings (SSSR count). The summed E-state index contributed by atoms with van der Waals surface area (Å²) in [7, 11) is 2.01. The summed E-state index contributed by atoms with van der Waals surface area (Å²) < 4.78 is 46.7. The molecule has 37 heavy (non-hydrogen) atoms. The smallest absolute Gasteiger partial charge is 0.416 e. The second-order valence-corrected chi connectivity index (χ2v) is 9.88. The molecule has 2 aliphatic heterocycles. The molecular weight excluding hydrogens is 528 g/mol. The number of hydrazone groups is 1. The minimum absolute atomic E-state index is 0.0167. The van der Waals surface area contributed by atoms with Gasteiger partial charge in [-0.15, -0.1) is 0 Å². The van der Waals surface area contributed by atoms with Crippen LogP contribution in [0.25, 0.3) is 0 Å². The fourth-order valence-corrected chi connectivity index (χ4v) is 4.52. The van der Waals surface area contributed by atoms with Gasteiger partial charge in [-0.25, -0.2) is 10.0 Å². The molecule has 7 nitrogen and oxygen atoms in total. The molecule has 1 unspecified atom stereocenters. The number of ether oxygens (including phenoxy) is 1. The van der Waals surface area contributed by atoms with Gasteiger partial charge in [0.1, 0.15) is 17.5 Å². The second kappa shape index (κ2) is 11.2. The van der Waals surface area contributed by atoms with Crippen LogP contribution >= 0.6 is 23.2 Å². The number of nitrogens with zero attached hydrogens (tertiary/aromatic N) is 5. The molecule has 0 saturated carbocycles. The monoisotopic (exact) mass is 552 g/mol. The first-order valence-corrected chi connectivity index (χ1v) is 12.4. The third-order valence-electron chi connectivity index (χ3n) is 6.24. The van der Waals surface area contributed by atoms with Gasteiger partial charge in [0.25, 0.3) is 0 Å². The van der Waals surface area contributed by atoms with E-state index >= 15 is 0 Å². The first kappa shape index (κ1) is 27.0. The van der Waals surface area contributed by atoms with Crippen LogP contribution in [0.2, 0.25) is 10.0 Å². The topological polar surface area (TPSA) is 76.2 Å². The van der Waals surface area contributed by atoms with Crippen molar-refractivity contribution >= 4 is 40.6 Å². The Morgan fingerprint density at radius 3 is 2.54 bits per heavy atom. The first-order valence-electron chi connectivity index (χ1n) is 11.7. The van der Waals surface area contributed by atoms with E-state index < -0.39 is 11.7 Å². The summed E-state index contributed by atoms with van der Waals surface area (Å²) in [5.41, 5.74) is 0.509. The van der Waals surface area contributed by atoms with E-state index in [-0.39, 0.29) is 29.4 Å². The molecule has 1 fully saturated rings. The van der Waals surface area contributed by atoms with E-state index in [0.717, 1.165) is 43.6 Å². The van der Waals surface area contributed by atoms with Crippen molar-refractivity contribution in [3.8, 4) is 11.9 Å². The largest absolute Gasteiger partial charge is 0.488 e. The van der Waals surface area contributed by atoms with E-state index in [9.17, 15) is 18.4 Å². The molecule has 2 aromatic carbocycles. The van der Waals surface area contributed by atoms with Crippen molar-refractivity contribution < 1.29 is 17.9 Å². The number of halogens is 5. The van der Waals surface area contributed by atoms with E-state index in [1.807, 2.05) is 14.0 Å². The molecule has 196 valence electrons. The molecule has 2 aliphatic rings. The van der Waals surface area contributed by atoms with E-state index in [0.29, 0.717) is 22.3 Å². The molecule has 0 aromatic heterocycles. The number of alkyl halides is 3. The van der Waals surface area contributed by atoms with Crippen LogP contribution in [0.4, 0.5) is 18.9 Å². The number of piperidine rings is 1. The molecule has 0 amide bonds. The zero-order chi connectivity index (χ0) is 26.7. The summed E-state index contributed by atoms with van der Waals surface area (Å²) in [6.07, 6.45) is -1.44. The molecule has 1 saturated heterocycles. The lowest BCUT2D eigenvalue weighted by Crippen LogP contribution is -2.36. The number of hydrogen-bond donors (Lipinski definition) is 1. The number of nitriles is 1. The Morgan fingerprint density at radius 2 is 1.89 bits per heavy atom. The molecule has 1 atom stereocenters. The summed E-state index contributed by atoms with van der Waals surface area (Å²) >= 11 is 12.2. The molecule has 1 N–H and O–H groups in total. The summed E-state index contributed by atoms with van der Waals surface area (Å²) in [5, 5.41) is 18.6. The summed E-state index contributed by atoms with van der Waals surface area (Å²) in [6.45, 7) is 3.92. The van der Waals surface area contributed by atoms with Gasteiger partial charge >= 0.3 is 6.18 Å². The zero-order valence-corrected chi connectivity index (χ0v) is 21.7. The highest BCUT2D eigenvalue weighted by Gasteiger charge is 2.32. The fraction of sp³-hybridized carbons (Fsp3) is 0.400. The number of nitrogens with one attached hydrogen (secondary N) is 1. The van der Waals surface area contributed by atoms with Crippen molar-refractivity contribution in [2.24, 2.45) is 16.0 Å². The lowest BCUT2D eigenvalue weighted by molar-refractivity contribution is -0.137. The number of benzene rings is 2. The van der Waals surface area contributed by atoms with E-state index in [1.165, 1.54) is 11.1 Å². The van der Waals surface area contributed by atoms with Gasteiger partial charge in [-0.3, -0.25) is 5.32 Å². The predicted molar refractivity (Wildman–Crippen MR) is 137 cm³/mol. The van der Waals surface area contributed by atoms with E-state index in [4.69, 9.17) is 27.9 Å². The molecule has 0 aliphatic carbocycles. The number of aliphatic imine (C=N–C) groups is 1. The number of guanidine groups is 1. The van der Waals surface area contributed by atoms with Gasteiger partial charge in [0.05, 0.1) is 27.9 Å². The van der Waals surface area contributed by atoms with Crippen molar-refractivity contribution in [1.29, 1.82) is 5.26 Å². The highest BCUT2D eigenvalue weighted by molar-refractivity contribution is 6.42. The molecule has 0 radical (unpaired) electrons. The lowest BCUT2D eigenvalue weighted by atomic mass is 9.99. The maximum absolute atomic E-state index is 13.5.